The molecule has 1 aromatic heterocycles. The lowest BCUT2D eigenvalue weighted by Crippen LogP contribution is -2.42. The van der Waals surface area contributed by atoms with E-state index in [-0.39, 0.29) is 42.2 Å². The van der Waals surface area contributed by atoms with Gasteiger partial charge in [-0.1, -0.05) is 44.2 Å². The van der Waals surface area contributed by atoms with Gasteiger partial charge in [-0.25, -0.2) is 14.6 Å². The van der Waals surface area contributed by atoms with E-state index in [1.807, 2.05) is 19.9 Å². The first kappa shape index (κ1) is 30.1. The van der Waals surface area contributed by atoms with Crippen molar-refractivity contribution in [3.05, 3.63) is 41.9 Å². The van der Waals surface area contributed by atoms with Gasteiger partial charge in [-0.05, 0) is 46.0 Å². The number of hydrogen-bond donors (Lipinski definition) is 6. The zero-order valence-electron chi connectivity index (χ0n) is 22.5. The number of ether oxygens (including phenoxy) is 1. The number of alkyl carbamates (subject to hydrolysis) is 1. The van der Waals surface area contributed by atoms with E-state index in [1.165, 1.54) is 0 Å². The first-order valence-corrected chi connectivity index (χ1v) is 12.4. The summed E-state index contributed by atoms with van der Waals surface area (Å²) in [6.07, 6.45) is 0.250. The average molecular weight is 531 g/mol. The molecule has 38 heavy (non-hydrogen) atoms. The normalized spacial score (nSPS) is 12.9. The highest BCUT2D eigenvalue weighted by Gasteiger charge is 2.30. The SMILES string of the molecule is CC(C)CC(NC(=O)OC(C)(C)C)c1nc(C(=O)N[C@@H](CCCNC(=N)N)C(=O)O)c(-c2ccccc2)o1. The largest absolute Gasteiger partial charge is 0.480 e. The fourth-order valence-corrected chi connectivity index (χ4v) is 3.58. The van der Waals surface area contributed by atoms with E-state index in [1.54, 1.807) is 45.0 Å². The van der Waals surface area contributed by atoms with E-state index in [4.69, 9.17) is 20.3 Å². The molecule has 0 saturated heterocycles. The van der Waals surface area contributed by atoms with Crippen LogP contribution in [0.3, 0.4) is 0 Å². The third-order valence-corrected chi connectivity index (χ3v) is 5.18. The molecule has 0 saturated carbocycles. The Labute approximate surface area is 222 Å². The highest BCUT2D eigenvalue weighted by molar-refractivity contribution is 5.99. The molecule has 1 heterocycles. The van der Waals surface area contributed by atoms with Crippen molar-refractivity contribution in [2.45, 2.75) is 71.6 Å². The lowest BCUT2D eigenvalue weighted by Gasteiger charge is -2.23. The Morgan fingerprint density at radius 2 is 1.82 bits per heavy atom. The molecule has 0 aliphatic heterocycles. The number of hydrogen-bond acceptors (Lipinski definition) is 7. The van der Waals surface area contributed by atoms with Crippen molar-refractivity contribution in [2.24, 2.45) is 11.7 Å². The van der Waals surface area contributed by atoms with Gasteiger partial charge in [0, 0.05) is 12.1 Å². The smallest absolute Gasteiger partial charge is 0.408 e. The van der Waals surface area contributed by atoms with Crippen LogP contribution in [0.4, 0.5) is 4.79 Å². The molecule has 7 N–H and O–H groups in total. The van der Waals surface area contributed by atoms with Crippen LogP contribution in [-0.4, -0.2) is 52.2 Å². The van der Waals surface area contributed by atoms with Crippen molar-refractivity contribution in [1.29, 1.82) is 5.41 Å². The van der Waals surface area contributed by atoms with E-state index in [0.717, 1.165) is 0 Å². The fourth-order valence-electron chi connectivity index (χ4n) is 3.58. The van der Waals surface area contributed by atoms with Gasteiger partial charge in [0.05, 0.1) is 0 Å². The molecule has 0 fully saturated rings. The first-order valence-electron chi connectivity index (χ1n) is 12.4. The second-order valence-electron chi connectivity index (χ2n) is 10.3. The molecule has 0 aliphatic carbocycles. The number of amides is 2. The number of carboxylic acid groups (broad SMARTS) is 1. The summed E-state index contributed by atoms with van der Waals surface area (Å²) in [4.78, 5) is 42.1. The molecule has 0 bridgehead atoms. The number of rotatable bonds is 12. The molecule has 2 rings (SSSR count). The highest BCUT2D eigenvalue weighted by atomic mass is 16.6. The molecule has 0 spiro atoms. The Morgan fingerprint density at radius 3 is 2.37 bits per heavy atom. The zero-order valence-corrected chi connectivity index (χ0v) is 22.5. The summed E-state index contributed by atoms with van der Waals surface area (Å²) >= 11 is 0. The van der Waals surface area contributed by atoms with Crippen LogP contribution in [0.25, 0.3) is 11.3 Å². The Balaban J connectivity index is 2.38. The topological polar surface area (TPSA) is 193 Å². The van der Waals surface area contributed by atoms with Gasteiger partial charge in [0.1, 0.15) is 17.7 Å². The predicted molar refractivity (Wildman–Crippen MR) is 142 cm³/mol. The second kappa shape index (κ2) is 13.5. The minimum Gasteiger partial charge on any atom is -0.480 e. The van der Waals surface area contributed by atoms with Crippen LogP contribution in [-0.2, 0) is 9.53 Å². The maximum Gasteiger partial charge on any atom is 0.408 e. The summed E-state index contributed by atoms with van der Waals surface area (Å²) in [6.45, 7) is 9.47. The number of oxazole rings is 1. The first-order chi connectivity index (χ1) is 17.8. The number of carbonyl (C=O) groups excluding carboxylic acids is 2. The summed E-state index contributed by atoms with van der Waals surface area (Å²) in [5, 5.41) is 24.7. The number of nitrogens with one attached hydrogen (secondary N) is 4. The third-order valence-electron chi connectivity index (χ3n) is 5.18. The number of guanidine groups is 1. The Bertz CT molecular complexity index is 1110. The molecular formula is C26H38N6O6. The van der Waals surface area contributed by atoms with Crippen LogP contribution in [0, 0.1) is 11.3 Å². The van der Waals surface area contributed by atoms with E-state index in [0.29, 0.717) is 18.4 Å². The number of carbonyl (C=O) groups is 3. The van der Waals surface area contributed by atoms with Crippen molar-refractivity contribution in [3.63, 3.8) is 0 Å². The maximum atomic E-state index is 13.3. The molecule has 2 amide bonds. The van der Waals surface area contributed by atoms with Gasteiger partial charge in [0.25, 0.3) is 5.91 Å². The number of benzene rings is 1. The molecule has 2 atom stereocenters. The van der Waals surface area contributed by atoms with Crippen molar-refractivity contribution in [2.75, 3.05) is 6.54 Å². The Morgan fingerprint density at radius 1 is 1.16 bits per heavy atom. The lowest BCUT2D eigenvalue weighted by molar-refractivity contribution is -0.139. The molecule has 0 aliphatic rings. The summed E-state index contributed by atoms with van der Waals surface area (Å²) in [6, 6.07) is 6.93. The average Bonchev–Trinajstić information content (AvgIpc) is 3.25. The van der Waals surface area contributed by atoms with Gasteiger partial charge in [0.2, 0.25) is 5.89 Å². The fraction of sp³-hybridized carbons (Fsp3) is 0.500. The van der Waals surface area contributed by atoms with E-state index < -0.39 is 35.7 Å². The molecule has 2 aromatic rings. The zero-order chi connectivity index (χ0) is 28.5. The molecule has 208 valence electrons. The summed E-state index contributed by atoms with van der Waals surface area (Å²) in [5.74, 6) is -1.77. The van der Waals surface area contributed by atoms with Crippen LogP contribution < -0.4 is 21.7 Å². The third kappa shape index (κ3) is 9.75. The predicted octanol–water partition coefficient (Wildman–Crippen LogP) is 3.40. The van der Waals surface area contributed by atoms with Gasteiger partial charge in [-0.3, -0.25) is 10.2 Å². The molecule has 12 nitrogen and oxygen atoms in total. The monoisotopic (exact) mass is 530 g/mol. The van der Waals surface area contributed by atoms with Crippen LogP contribution in [0.15, 0.2) is 34.7 Å². The molecule has 1 unspecified atom stereocenters. The van der Waals surface area contributed by atoms with Gasteiger partial charge in [-0.15, -0.1) is 0 Å². The van der Waals surface area contributed by atoms with Crippen LogP contribution in [0.1, 0.15) is 76.3 Å². The van der Waals surface area contributed by atoms with Crippen molar-refractivity contribution >= 4 is 23.9 Å². The minimum absolute atomic E-state index is 0.0981. The molecule has 1 aromatic carbocycles. The maximum absolute atomic E-state index is 13.3. The Kier molecular flexibility index (Phi) is 10.7. The number of aromatic nitrogens is 1. The quantitative estimate of drug-likeness (QED) is 0.135. The van der Waals surface area contributed by atoms with E-state index >= 15 is 0 Å². The van der Waals surface area contributed by atoms with Crippen molar-refractivity contribution in [1.82, 2.24) is 20.9 Å². The van der Waals surface area contributed by atoms with Gasteiger partial charge < -0.3 is 35.9 Å². The van der Waals surface area contributed by atoms with Crippen LogP contribution in [0.2, 0.25) is 0 Å². The second-order valence-corrected chi connectivity index (χ2v) is 10.3. The minimum atomic E-state index is -1.21. The van der Waals surface area contributed by atoms with Crippen LogP contribution >= 0.6 is 0 Å². The Hall–Kier alpha value is -4.09. The number of nitrogens with zero attached hydrogens (tertiary/aromatic N) is 1. The summed E-state index contributed by atoms with van der Waals surface area (Å²) < 4.78 is 11.4. The van der Waals surface area contributed by atoms with Gasteiger partial charge in [-0.2, -0.15) is 0 Å². The molecular weight excluding hydrogens is 492 g/mol. The highest BCUT2D eigenvalue weighted by Crippen LogP contribution is 2.30. The lowest BCUT2D eigenvalue weighted by atomic mass is 10.0. The number of nitrogens with two attached hydrogens (primary N) is 1. The molecule has 0 radical (unpaired) electrons. The van der Waals surface area contributed by atoms with Crippen LogP contribution in [0.5, 0.6) is 0 Å². The standard InChI is InChI=1S/C26H38N6O6/c1-15(2)14-18(31-25(36)38-26(3,4)5)22-32-19(20(37-22)16-10-7-6-8-11-16)21(33)30-17(23(34)35)12-9-13-29-24(27)28/h6-8,10-11,15,17-18H,9,12-14H2,1-5H3,(H,30,33)(H,31,36)(H,34,35)(H4,27,28,29)/t17-,18?/m0/s1. The van der Waals surface area contributed by atoms with E-state index in [2.05, 4.69) is 20.9 Å². The summed E-state index contributed by atoms with van der Waals surface area (Å²) in [5.41, 5.74) is 5.00. The van der Waals surface area contributed by atoms with E-state index in [9.17, 15) is 19.5 Å². The van der Waals surface area contributed by atoms with Gasteiger partial charge >= 0.3 is 12.1 Å². The molecule has 12 heteroatoms. The van der Waals surface area contributed by atoms with Gasteiger partial charge in [0.15, 0.2) is 17.4 Å². The van der Waals surface area contributed by atoms with Crippen molar-refractivity contribution in [3.8, 4) is 11.3 Å². The number of aliphatic carboxylic acids is 1. The van der Waals surface area contributed by atoms with Crippen molar-refractivity contribution < 1.29 is 28.6 Å². The number of carboxylic acids is 1. The summed E-state index contributed by atoms with van der Waals surface area (Å²) in [7, 11) is 0.